The van der Waals surface area contributed by atoms with Crippen molar-refractivity contribution >= 4 is 23.4 Å². The van der Waals surface area contributed by atoms with Crippen molar-refractivity contribution in [3.05, 3.63) is 63.7 Å². The molecular formula is C15H13NO4S. The van der Waals surface area contributed by atoms with Crippen molar-refractivity contribution in [1.29, 1.82) is 0 Å². The van der Waals surface area contributed by atoms with Crippen LogP contribution in [0.5, 0.6) is 0 Å². The summed E-state index contributed by atoms with van der Waals surface area (Å²) in [4.78, 5) is 23.6. The second-order valence-electron chi connectivity index (χ2n) is 4.32. The van der Waals surface area contributed by atoms with E-state index >= 15 is 0 Å². The molecule has 0 aliphatic heterocycles. The maximum Gasteiger partial charge on any atom is 0.337 e. The minimum Gasteiger partial charge on any atom is -0.465 e. The van der Waals surface area contributed by atoms with Gasteiger partial charge in [0.25, 0.3) is 5.69 Å². The predicted molar refractivity (Wildman–Crippen MR) is 79.7 cm³/mol. The number of nitrogens with zero attached hydrogens (tertiary/aromatic N) is 1. The molecule has 2 aromatic carbocycles. The fourth-order valence-electron chi connectivity index (χ4n) is 1.81. The van der Waals surface area contributed by atoms with Gasteiger partial charge in [0, 0.05) is 21.4 Å². The van der Waals surface area contributed by atoms with E-state index in [9.17, 15) is 14.9 Å². The van der Waals surface area contributed by atoms with Crippen molar-refractivity contribution in [2.24, 2.45) is 0 Å². The number of methoxy groups -OCH3 is 1. The molecule has 0 saturated heterocycles. The van der Waals surface area contributed by atoms with Crippen LogP contribution < -0.4 is 0 Å². The van der Waals surface area contributed by atoms with E-state index in [0.717, 1.165) is 9.79 Å². The summed E-state index contributed by atoms with van der Waals surface area (Å²) < 4.78 is 4.64. The first-order chi connectivity index (χ1) is 10.0. The summed E-state index contributed by atoms with van der Waals surface area (Å²) >= 11 is 1.48. The molecule has 0 saturated carbocycles. The molecule has 21 heavy (non-hydrogen) atoms. The molecule has 0 fully saturated rings. The third-order valence-electron chi connectivity index (χ3n) is 2.88. The summed E-state index contributed by atoms with van der Waals surface area (Å²) in [5.74, 6) is -0.377. The smallest absolute Gasteiger partial charge is 0.337 e. The van der Waals surface area contributed by atoms with Crippen molar-refractivity contribution < 1.29 is 14.5 Å². The first-order valence-corrected chi connectivity index (χ1v) is 6.94. The molecule has 0 atom stereocenters. The van der Waals surface area contributed by atoms with Crippen molar-refractivity contribution in [3.63, 3.8) is 0 Å². The van der Waals surface area contributed by atoms with Crippen LogP contribution in [0.3, 0.4) is 0 Å². The zero-order valence-corrected chi connectivity index (χ0v) is 12.3. The monoisotopic (exact) mass is 303 g/mol. The first kappa shape index (κ1) is 15.1. The summed E-state index contributed by atoms with van der Waals surface area (Å²) in [6, 6.07) is 12.0. The number of nitro benzene ring substituents is 1. The van der Waals surface area contributed by atoms with Gasteiger partial charge in [-0.2, -0.15) is 0 Å². The molecule has 2 rings (SSSR count). The van der Waals surface area contributed by atoms with Crippen molar-refractivity contribution in [1.82, 2.24) is 0 Å². The molecule has 5 nitrogen and oxygen atoms in total. The highest BCUT2D eigenvalue weighted by Crippen LogP contribution is 2.31. The van der Waals surface area contributed by atoms with E-state index in [1.54, 1.807) is 31.2 Å². The lowest BCUT2D eigenvalue weighted by Crippen LogP contribution is -2.00. The Hall–Kier alpha value is -2.34. The minimum atomic E-state index is -0.394. The highest BCUT2D eigenvalue weighted by molar-refractivity contribution is 7.99. The third-order valence-corrected chi connectivity index (χ3v) is 3.87. The minimum absolute atomic E-state index is 0.111. The highest BCUT2D eigenvalue weighted by atomic mass is 32.2. The van der Waals surface area contributed by atoms with Crippen LogP contribution in [0.2, 0.25) is 0 Å². The fourth-order valence-corrected chi connectivity index (χ4v) is 2.73. The van der Waals surface area contributed by atoms with Gasteiger partial charge >= 0.3 is 5.97 Å². The Balaban J connectivity index is 2.17. The highest BCUT2D eigenvalue weighted by Gasteiger charge is 2.11. The molecule has 0 heterocycles. The van der Waals surface area contributed by atoms with E-state index in [0.29, 0.717) is 11.1 Å². The topological polar surface area (TPSA) is 69.4 Å². The Morgan fingerprint density at radius 1 is 1.14 bits per heavy atom. The predicted octanol–water partition coefficient (Wildman–Crippen LogP) is 3.84. The molecule has 0 aromatic heterocycles. The second kappa shape index (κ2) is 6.41. The van der Waals surface area contributed by atoms with Crippen LogP contribution in [0.15, 0.2) is 52.3 Å². The van der Waals surface area contributed by atoms with Crippen LogP contribution in [0.1, 0.15) is 15.9 Å². The van der Waals surface area contributed by atoms with Gasteiger partial charge in [-0.3, -0.25) is 10.1 Å². The average molecular weight is 303 g/mol. The zero-order chi connectivity index (χ0) is 15.4. The normalized spacial score (nSPS) is 10.2. The van der Waals surface area contributed by atoms with Crippen LogP contribution in [-0.2, 0) is 4.74 Å². The van der Waals surface area contributed by atoms with E-state index in [1.165, 1.54) is 24.9 Å². The van der Waals surface area contributed by atoms with Crippen LogP contribution in [0.25, 0.3) is 0 Å². The van der Waals surface area contributed by atoms with Crippen molar-refractivity contribution in [2.75, 3.05) is 7.11 Å². The summed E-state index contributed by atoms with van der Waals surface area (Å²) in [6.07, 6.45) is 0. The molecule has 0 aliphatic carbocycles. The maximum absolute atomic E-state index is 11.3. The SMILES string of the molecule is COC(=O)c1ccc(Sc2ccc([N+](=O)[O-])c(C)c2)cc1. The lowest BCUT2D eigenvalue weighted by Gasteiger charge is -2.04. The number of hydrogen-bond acceptors (Lipinski definition) is 5. The van der Waals surface area contributed by atoms with Gasteiger partial charge in [0.1, 0.15) is 0 Å². The van der Waals surface area contributed by atoms with Gasteiger partial charge in [-0.05, 0) is 43.3 Å². The Labute approximate surface area is 126 Å². The molecule has 0 amide bonds. The van der Waals surface area contributed by atoms with Gasteiger partial charge in [0.2, 0.25) is 0 Å². The molecule has 0 bridgehead atoms. The van der Waals surface area contributed by atoms with E-state index in [4.69, 9.17) is 0 Å². The molecule has 108 valence electrons. The molecule has 0 N–H and O–H groups in total. The Bertz CT molecular complexity index is 683. The number of nitro groups is 1. The molecule has 2 aromatic rings. The largest absolute Gasteiger partial charge is 0.465 e. The number of esters is 1. The lowest BCUT2D eigenvalue weighted by molar-refractivity contribution is -0.385. The standard InChI is InChI=1S/C15H13NO4S/c1-10-9-13(7-8-14(10)16(18)19)21-12-5-3-11(4-6-12)15(17)20-2/h3-9H,1-2H3. The van der Waals surface area contributed by atoms with Gasteiger partial charge in [0.15, 0.2) is 0 Å². The van der Waals surface area contributed by atoms with Crippen LogP contribution in [-0.4, -0.2) is 18.0 Å². The van der Waals surface area contributed by atoms with Crippen LogP contribution in [0, 0.1) is 17.0 Å². The van der Waals surface area contributed by atoms with Gasteiger partial charge in [0.05, 0.1) is 17.6 Å². The zero-order valence-electron chi connectivity index (χ0n) is 11.5. The second-order valence-corrected chi connectivity index (χ2v) is 5.47. The summed E-state index contributed by atoms with van der Waals surface area (Å²) in [5.41, 5.74) is 1.22. The molecular weight excluding hydrogens is 290 g/mol. The third kappa shape index (κ3) is 3.61. The van der Waals surface area contributed by atoms with Gasteiger partial charge in [-0.1, -0.05) is 11.8 Å². The number of ether oxygens (including phenoxy) is 1. The lowest BCUT2D eigenvalue weighted by atomic mass is 10.2. The van der Waals surface area contributed by atoms with Crippen LogP contribution in [0.4, 0.5) is 5.69 Å². The number of hydrogen-bond donors (Lipinski definition) is 0. The summed E-state index contributed by atoms with van der Waals surface area (Å²) in [7, 11) is 1.34. The molecule has 0 aliphatic rings. The Morgan fingerprint density at radius 3 is 2.29 bits per heavy atom. The van der Waals surface area contributed by atoms with Gasteiger partial charge in [-0.15, -0.1) is 0 Å². The van der Waals surface area contributed by atoms with E-state index in [2.05, 4.69) is 4.74 Å². The number of benzene rings is 2. The quantitative estimate of drug-likeness (QED) is 0.487. The van der Waals surface area contributed by atoms with E-state index in [-0.39, 0.29) is 11.7 Å². The molecule has 6 heteroatoms. The molecule has 0 radical (unpaired) electrons. The summed E-state index contributed by atoms with van der Waals surface area (Å²) in [5, 5.41) is 10.8. The first-order valence-electron chi connectivity index (χ1n) is 6.12. The number of carbonyl (C=O) groups excluding carboxylic acids is 1. The summed E-state index contributed by atoms with van der Waals surface area (Å²) in [6.45, 7) is 1.71. The Morgan fingerprint density at radius 2 is 1.76 bits per heavy atom. The van der Waals surface area contributed by atoms with E-state index in [1.807, 2.05) is 12.1 Å². The Kier molecular flexibility index (Phi) is 4.59. The number of carbonyl (C=O) groups is 1. The molecule has 0 unspecified atom stereocenters. The average Bonchev–Trinajstić information content (AvgIpc) is 2.47. The van der Waals surface area contributed by atoms with Crippen molar-refractivity contribution in [2.45, 2.75) is 16.7 Å². The van der Waals surface area contributed by atoms with E-state index < -0.39 is 4.92 Å². The van der Waals surface area contributed by atoms with Crippen LogP contribution >= 0.6 is 11.8 Å². The fraction of sp³-hybridized carbons (Fsp3) is 0.133. The van der Waals surface area contributed by atoms with Gasteiger partial charge < -0.3 is 4.74 Å². The number of aryl methyl sites for hydroxylation is 1. The molecule has 0 spiro atoms. The number of rotatable bonds is 4. The maximum atomic E-state index is 11.3. The van der Waals surface area contributed by atoms with Gasteiger partial charge in [-0.25, -0.2) is 4.79 Å². The van der Waals surface area contributed by atoms with Crippen molar-refractivity contribution in [3.8, 4) is 0 Å².